The second kappa shape index (κ2) is 6.88. The van der Waals surface area contributed by atoms with Gasteiger partial charge in [-0.25, -0.2) is 9.97 Å². The van der Waals surface area contributed by atoms with Crippen LogP contribution in [0.2, 0.25) is 0 Å². The Morgan fingerprint density at radius 3 is 2.78 bits per heavy atom. The van der Waals surface area contributed by atoms with Crippen LogP contribution in [0.1, 0.15) is 41.7 Å². The maximum absolute atomic E-state index is 12.3. The predicted molar refractivity (Wildman–Crippen MR) is 87.0 cm³/mol. The molecule has 1 heterocycles. The number of nitrogens with zero attached hydrogens (tertiary/aromatic N) is 3. The summed E-state index contributed by atoms with van der Waals surface area (Å²) in [5, 5.41) is 15.1. The van der Waals surface area contributed by atoms with Gasteiger partial charge < -0.3 is 10.6 Å². The topological polar surface area (TPSA) is 90.7 Å². The standard InChI is InChI=1S/C17H17N5O/c18-10-12-5-1-4-8-14(12)22-17(23)15-9-16(20-11-19-15)21-13-6-2-3-7-13/h1,4-5,8-9,11,13H,2-3,6-7H2,(H,22,23)(H,19,20,21). The number of nitriles is 1. The van der Waals surface area contributed by atoms with E-state index in [1.165, 1.54) is 19.2 Å². The van der Waals surface area contributed by atoms with Gasteiger partial charge in [0.25, 0.3) is 5.91 Å². The molecule has 2 aromatic rings. The first-order valence-electron chi connectivity index (χ1n) is 7.65. The van der Waals surface area contributed by atoms with E-state index in [9.17, 15) is 4.79 Å². The SMILES string of the molecule is N#Cc1ccccc1NC(=O)c1cc(NC2CCCC2)ncn1. The summed E-state index contributed by atoms with van der Waals surface area (Å²) in [6.45, 7) is 0. The minimum absolute atomic E-state index is 0.272. The predicted octanol–water partition coefficient (Wildman–Crippen LogP) is 2.96. The van der Waals surface area contributed by atoms with E-state index in [2.05, 4.69) is 26.7 Å². The van der Waals surface area contributed by atoms with E-state index in [-0.39, 0.29) is 11.6 Å². The number of hydrogen-bond donors (Lipinski definition) is 2. The summed E-state index contributed by atoms with van der Waals surface area (Å²) in [6.07, 6.45) is 6.08. The number of carbonyl (C=O) groups is 1. The lowest BCUT2D eigenvalue weighted by atomic mass is 10.2. The monoisotopic (exact) mass is 307 g/mol. The van der Waals surface area contributed by atoms with E-state index >= 15 is 0 Å². The molecule has 0 bridgehead atoms. The fourth-order valence-electron chi connectivity index (χ4n) is 2.72. The molecule has 1 aromatic heterocycles. The van der Waals surface area contributed by atoms with Gasteiger partial charge in [0.15, 0.2) is 0 Å². The number of amides is 1. The smallest absolute Gasteiger partial charge is 0.274 e. The summed E-state index contributed by atoms with van der Waals surface area (Å²) in [4.78, 5) is 20.5. The molecule has 116 valence electrons. The zero-order chi connectivity index (χ0) is 16.1. The highest BCUT2D eigenvalue weighted by Gasteiger charge is 2.16. The van der Waals surface area contributed by atoms with E-state index in [1.54, 1.807) is 30.3 Å². The maximum atomic E-state index is 12.3. The zero-order valence-electron chi connectivity index (χ0n) is 12.6. The van der Waals surface area contributed by atoms with Crippen LogP contribution in [-0.4, -0.2) is 21.9 Å². The number of para-hydroxylation sites is 1. The van der Waals surface area contributed by atoms with Crippen molar-refractivity contribution in [1.82, 2.24) is 9.97 Å². The molecule has 1 aromatic carbocycles. The van der Waals surface area contributed by atoms with E-state index in [1.807, 2.05) is 0 Å². The Hall–Kier alpha value is -2.94. The van der Waals surface area contributed by atoms with Gasteiger partial charge in [-0.3, -0.25) is 4.79 Å². The highest BCUT2D eigenvalue weighted by Crippen LogP contribution is 2.21. The molecule has 2 N–H and O–H groups in total. The van der Waals surface area contributed by atoms with Gasteiger partial charge in [-0.2, -0.15) is 5.26 Å². The number of carbonyl (C=O) groups excluding carboxylic acids is 1. The van der Waals surface area contributed by atoms with Crippen LogP contribution in [-0.2, 0) is 0 Å². The Labute approximate surface area is 134 Å². The van der Waals surface area contributed by atoms with Crippen LogP contribution in [0.25, 0.3) is 0 Å². The Morgan fingerprint density at radius 2 is 2.00 bits per heavy atom. The molecule has 0 aliphatic heterocycles. The fraction of sp³-hybridized carbons (Fsp3) is 0.294. The first-order chi connectivity index (χ1) is 11.3. The molecule has 6 nitrogen and oxygen atoms in total. The first kappa shape index (κ1) is 15.0. The summed E-state index contributed by atoms with van der Waals surface area (Å²) in [5.74, 6) is 0.301. The number of anilines is 2. The van der Waals surface area contributed by atoms with Gasteiger partial charge in [0.2, 0.25) is 0 Å². The molecule has 0 unspecified atom stereocenters. The fourth-order valence-corrected chi connectivity index (χ4v) is 2.72. The summed E-state index contributed by atoms with van der Waals surface area (Å²) in [5.41, 5.74) is 1.16. The van der Waals surface area contributed by atoms with Crippen LogP contribution < -0.4 is 10.6 Å². The van der Waals surface area contributed by atoms with Crippen LogP contribution in [0.4, 0.5) is 11.5 Å². The van der Waals surface area contributed by atoms with Gasteiger partial charge in [0, 0.05) is 12.1 Å². The average molecular weight is 307 g/mol. The molecule has 0 saturated heterocycles. The Bertz CT molecular complexity index is 747. The lowest BCUT2D eigenvalue weighted by Crippen LogP contribution is -2.18. The lowest BCUT2D eigenvalue weighted by Gasteiger charge is -2.13. The third kappa shape index (κ3) is 3.64. The molecular weight excluding hydrogens is 290 g/mol. The summed E-state index contributed by atoms with van der Waals surface area (Å²) >= 11 is 0. The van der Waals surface area contributed by atoms with Gasteiger partial charge in [0.1, 0.15) is 23.9 Å². The van der Waals surface area contributed by atoms with Gasteiger partial charge in [-0.05, 0) is 25.0 Å². The van der Waals surface area contributed by atoms with Gasteiger partial charge >= 0.3 is 0 Å². The summed E-state index contributed by atoms with van der Waals surface area (Å²) < 4.78 is 0. The lowest BCUT2D eigenvalue weighted by molar-refractivity contribution is 0.102. The van der Waals surface area contributed by atoms with E-state index in [0.29, 0.717) is 23.1 Å². The Morgan fingerprint density at radius 1 is 1.22 bits per heavy atom. The number of benzene rings is 1. The first-order valence-corrected chi connectivity index (χ1v) is 7.65. The molecule has 0 atom stereocenters. The quantitative estimate of drug-likeness (QED) is 0.906. The van der Waals surface area contributed by atoms with Crippen LogP contribution >= 0.6 is 0 Å². The average Bonchev–Trinajstić information content (AvgIpc) is 3.08. The van der Waals surface area contributed by atoms with Crippen molar-refractivity contribution in [1.29, 1.82) is 5.26 Å². The molecule has 3 rings (SSSR count). The molecular formula is C17H17N5O. The van der Waals surface area contributed by atoms with Crippen molar-refractivity contribution in [2.75, 3.05) is 10.6 Å². The molecule has 1 aliphatic rings. The van der Waals surface area contributed by atoms with Crippen LogP contribution in [0.3, 0.4) is 0 Å². The molecule has 1 aliphatic carbocycles. The number of aromatic nitrogens is 2. The van der Waals surface area contributed by atoms with Gasteiger partial charge in [-0.1, -0.05) is 25.0 Å². The third-order valence-electron chi connectivity index (χ3n) is 3.90. The second-order valence-electron chi connectivity index (χ2n) is 5.53. The Balaban J connectivity index is 1.73. The molecule has 0 spiro atoms. The normalized spacial score (nSPS) is 14.2. The molecule has 0 radical (unpaired) electrons. The van der Waals surface area contributed by atoms with Crippen molar-refractivity contribution in [2.24, 2.45) is 0 Å². The minimum atomic E-state index is -0.357. The zero-order valence-corrected chi connectivity index (χ0v) is 12.6. The van der Waals surface area contributed by atoms with Crippen molar-refractivity contribution >= 4 is 17.4 Å². The number of hydrogen-bond acceptors (Lipinski definition) is 5. The Kier molecular flexibility index (Phi) is 4.48. The van der Waals surface area contributed by atoms with Crippen molar-refractivity contribution in [2.45, 2.75) is 31.7 Å². The van der Waals surface area contributed by atoms with Crippen LogP contribution in [0, 0.1) is 11.3 Å². The molecule has 1 amide bonds. The number of rotatable bonds is 4. The molecule has 23 heavy (non-hydrogen) atoms. The van der Waals surface area contributed by atoms with Crippen molar-refractivity contribution in [3.05, 3.63) is 47.9 Å². The van der Waals surface area contributed by atoms with Gasteiger partial charge in [0.05, 0.1) is 11.3 Å². The van der Waals surface area contributed by atoms with Crippen molar-refractivity contribution in [3.8, 4) is 6.07 Å². The minimum Gasteiger partial charge on any atom is -0.367 e. The highest BCUT2D eigenvalue weighted by atomic mass is 16.1. The van der Waals surface area contributed by atoms with Gasteiger partial charge in [-0.15, -0.1) is 0 Å². The largest absolute Gasteiger partial charge is 0.367 e. The third-order valence-corrected chi connectivity index (χ3v) is 3.90. The summed E-state index contributed by atoms with van der Waals surface area (Å²) in [6, 6.07) is 11.0. The summed E-state index contributed by atoms with van der Waals surface area (Å²) in [7, 11) is 0. The molecule has 1 saturated carbocycles. The number of nitrogens with one attached hydrogen (secondary N) is 2. The second-order valence-corrected chi connectivity index (χ2v) is 5.53. The molecule has 6 heteroatoms. The van der Waals surface area contributed by atoms with Crippen molar-refractivity contribution < 1.29 is 4.79 Å². The van der Waals surface area contributed by atoms with E-state index < -0.39 is 0 Å². The molecule has 1 fully saturated rings. The van der Waals surface area contributed by atoms with E-state index in [4.69, 9.17) is 5.26 Å². The van der Waals surface area contributed by atoms with Crippen LogP contribution in [0.15, 0.2) is 36.7 Å². The van der Waals surface area contributed by atoms with Crippen molar-refractivity contribution in [3.63, 3.8) is 0 Å². The van der Waals surface area contributed by atoms with E-state index in [0.717, 1.165) is 12.8 Å². The van der Waals surface area contributed by atoms with Crippen LogP contribution in [0.5, 0.6) is 0 Å². The highest BCUT2D eigenvalue weighted by molar-refractivity contribution is 6.03. The maximum Gasteiger partial charge on any atom is 0.274 e.